The summed E-state index contributed by atoms with van der Waals surface area (Å²) in [6.45, 7) is 3.16. The van der Waals surface area contributed by atoms with Gasteiger partial charge in [-0.3, -0.25) is 4.79 Å². The topological polar surface area (TPSA) is 102 Å². The lowest BCUT2D eigenvalue weighted by molar-refractivity contribution is -0.146. The van der Waals surface area contributed by atoms with E-state index in [0.29, 0.717) is 21.3 Å². The second-order valence-electron chi connectivity index (χ2n) is 5.43. The third-order valence-corrected chi connectivity index (χ3v) is 3.96. The first-order chi connectivity index (χ1) is 10.2. The number of nitrogens with zero attached hydrogens (tertiary/aromatic N) is 3. The molecule has 0 aliphatic carbocycles. The maximum absolute atomic E-state index is 11.1. The Morgan fingerprint density at radius 2 is 2.00 bits per heavy atom. The number of hydrogen-bond acceptors (Lipinski definition) is 5. The Balaban J connectivity index is 2.39. The van der Waals surface area contributed by atoms with Crippen molar-refractivity contribution < 1.29 is 9.90 Å². The second-order valence-corrected chi connectivity index (χ2v) is 6.21. The number of aliphatic carboxylic acids is 1. The summed E-state index contributed by atoms with van der Waals surface area (Å²) in [6.07, 6.45) is 0.114. The SMILES string of the molecule is CC(C)(Cc1nnc(-c2cccc(Cl)c2Cl)c(N)n1)C(=O)O. The van der Waals surface area contributed by atoms with Crippen LogP contribution in [0.5, 0.6) is 0 Å². The zero-order valence-corrected chi connectivity index (χ0v) is 13.5. The van der Waals surface area contributed by atoms with Crippen LogP contribution in [0.3, 0.4) is 0 Å². The lowest BCUT2D eigenvalue weighted by Gasteiger charge is -2.17. The van der Waals surface area contributed by atoms with Crippen molar-refractivity contribution in [2.24, 2.45) is 5.41 Å². The van der Waals surface area contributed by atoms with Crippen molar-refractivity contribution in [1.82, 2.24) is 15.2 Å². The average molecular weight is 341 g/mol. The van der Waals surface area contributed by atoms with E-state index in [1.54, 1.807) is 32.0 Å². The van der Waals surface area contributed by atoms with Crippen LogP contribution in [-0.2, 0) is 11.2 Å². The first kappa shape index (κ1) is 16.5. The fourth-order valence-electron chi connectivity index (χ4n) is 1.80. The summed E-state index contributed by atoms with van der Waals surface area (Å²) in [4.78, 5) is 15.3. The molecule has 0 aliphatic rings. The minimum absolute atomic E-state index is 0.114. The Kier molecular flexibility index (Phi) is 4.53. The molecular weight excluding hydrogens is 327 g/mol. The lowest BCUT2D eigenvalue weighted by atomic mass is 9.89. The van der Waals surface area contributed by atoms with E-state index in [-0.39, 0.29) is 18.1 Å². The fraction of sp³-hybridized carbons (Fsp3) is 0.286. The molecule has 0 fully saturated rings. The maximum atomic E-state index is 11.1. The van der Waals surface area contributed by atoms with Gasteiger partial charge in [0, 0.05) is 12.0 Å². The van der Waals surface area contributed by atoms with Crippen LogP contribution in [0, 0.1) is 5.41 Å². The van der Waals surface area contributed by atoms with Crippen molar-refractivity contribution in [2.45, 2.75) is 20.3 Å². The third-order valence-electron chi connectivity index (χ3n) is 3.14. The number of benzene rings is 1. The van der Waals surface area contributed by atoms with Gasteiger partial charge < -0.3 is 10.8 Å². The molecule has 1 heterocycles. The van der Waals surface area contributed by atoms with Crippen molar-refractivity contribution in [1.29, 1.82) is 0 Å². The number of carbonyl (C=O) groups is 1. The highest BCUT2D eigenvalue weighted by atomic mass is 35.5. The number of anilines is 1. The zero-order chi connectivity index (χ0) is 16.5. The highest BCUT2D eigenvalue weighted by molar-refractivity contribution is 6.43. The molecule has 0 aliphatic heterocycles. The van der Waals surface area contributed by atoms with Crippen molar-refractivity contribution in [3.8, 4) is 11.3 Å². The molecule has 8 heteroatoms. The van der Waals surface area contributed by atoms with Gasteiger partial charge in [0.1, 0.15) is 5.69 Å². The number of carboxylic acid groups (broad SMARTS) is 1. The van der Waals surface area contributed by atoms with Gasteiger partial charge in [-0.15, -0.1) is 10.2 Å². The van der Waals surface area contributed by atoms with Gasteiger partial charge in [-0.25, -0.2) is 4.98 Å². The molecule has 116 valence electrons. The second kappa shape index (κ2) is 6.06. The highest BCUT2D eigenvalue weighted by Crippen LogP contribution is 2.34. The van der Waals surface area contributed by atoms with Gasteiger partial charge in [-0.2, -0.15) is 0 Å². The van der Waals surface area contributed by atoms with Crippen LogP contribution < -0.4 is 5.73 Å². The van der Waals surface area contributed by atoms with Crippen LogP contribution >= 0.6 is 23.2 Å². The Bertz CT molecular complexity index is 735. The quantitative estimate of drug-likeness (QED) is 0.886. The molecule has 0 atom stereocenters. The normalized spacial score (nSPS) is 11.5. The summed E-state index contributed by atoms with van der Waals surface area (Å²) < 4.78 is 0. The van der Waals surface area contributed by atoms with E-state index in [1.165, 1.54) is 0 Å². The number of halogens is 2. The molecule has 1 aromatic carbocycles. The van der Waals surface area contributed by atoms with Crippen LogP contribution in [0.4, 0.5) is 5.82 Å². The molecule has 0 saturated carbocycles. The molecule has 2 aromatic rings. The highest BCUT2D eigenvalue weighted by Gasteiger charge is 2.29. The summed E-state index contributed by atoms with van der Waals surface area (Å²) in [5.41, 5.74) is 5.73. The molecule has 3 N–H and O–H groups in total. The molecule has 0 saturated heterocycles. The average Bonchev–Trinajstić information content (AvgIpc) is 2.42. The monoisotopic (exact) mass is 340 g/mol. The standard InChI is InChI=1S/C14H14Cl2N4O2/c1-14(2,13(21)22)6-9-18-12(17)11(20-19-9)7-4-3-5-8(15)10(7)16/h3-5H,6H2,1-2H3,(H,21,22)(H2,17,18,19). The van der Waals surface area contributed by atoms with Crippen molar-refractivity contribution in [3.63, 3.8) is 0 Å². The zero-order valence-electron chi connectivity index (χ0n) is 12.0. The van der Waals surface area contributed by atoms with Gasteiger partial charge in [0.05, 0.1) is 15.5 Å². The van der Waals surface area contributed by atoms with E-state index in [1.807, 2.05) is 0 Å². The van der Waals surface area contributed by atoms with E-state index in [2.05, 4.69) is 15.2 Å². The van der Waals surface area contributed by atoms with Crippen LogP contribution in [0.1, 0.15) is 19.7 Å². The Morgan fingerprint density at radius 1 is 1.32 bits per heavy atom. The molecule has 0 unspecified atom stereocenters. The van der Waals surface area contributed by atoms with E-state index in [4.69, 9.17) is 34.0 Å². The summed E-state index contributed by atoms with van der Waals surface area (Å²) in [7, 11) is 0. The number of hydrogen-bond donors (Lipinski definition) is 2. The number of carboxylic acids is 1. The molecule has 0 radical (unpaired) electrons. The van der Waals surface area contributed by atoms with Crippen molar-refractivity contribution in [3.05, 3.63) is 34.1 Å². The van der Waals surface area contributed by atoms with Crippen LogP contribution in [0.25, 0.3) is 11.3 Å². The molecular formula is C14H14Cl2N4O2. The first-order valence-corrected chi connectivity index (χ1v) is 7.15. The summed E-state index contributed by atoms with van der Waals surface area (Å²) in [5, 5.41) is 17.8. The predicted octanol–water partition coefficient (Wildman–Crippen LogP) is 3.08. The van der Waals surface area contributed by atoms with Gasteiger partial charge in [-0.1, -0.05) is 35.3 Å². The van der Waals surface area contributed by atoms with E-state index in [0.717, 1.165) is 0 Å². The number of rotatable bonds is 4. The Morgan fingerprint density at radius 3 is 2.59 bits per heavy atom. The number of nitrogens with two attached hydrogens (primary N) is 1. The minimum atomic E-state index is -1.01. The lowest BCUT2D eigenvalue weighted by Crippen LogP contribution is -2.27. The smallest absolute Gasteiger partial charge is 0.309 e. The van der Waals surface area contributed by atoms with Crippen LogP contribution in [-0.4, -0.2) is 26.3 Å². The van der Waals surface area contributed by atoms with E-state index in [9.17, 15) is 4.79 Å². The van der Waals surface area contributed by atoms with Gasteiger partial charge in [0.15, 0.2) is 11.6 Å². The Hall–Kier alpha value is -1.92. The first-order valence-electron chi connectivity index (χ1n) is 6.39. The molecule has 0 bridgehead atoms. The fourth-order valence-corrected chi connectivity index (χ4v) is 2.19. The Labute approximate surface area is 137 Å². The molecule has 1 aromatic heterocycles. The predicted molar refractivity (Wildman–Crippen MR) is 84.8 cm³/mol. The molecule has 0 amide bonds. The van der Waals surface area contributed by atoms with Gasteiger partial charge in [-0.05, 0) is 19.9 Å². The van der Waals surface area contributed by atoms with Crippen molar-refractivity contribution >= 4 is 35.0 Å². The summed E-state index contributed by atoms with van der Waals surface area (Å²) >= 11 is 12.1. The van der Waals surface area contributed by atoms with Gasteiger partial charge >= 0.3 is 5.97 Å². The molecule has 6 nitrogen and oxygen atoms in total. The molecule has 0 spiro atoms. The third kappa shape index (κ3) is 3.28. The van der Waals surface area contributed by atoms with E-state index < -0.39 is 11.4 Å². The number of nitrogen functional groups attached to an aromatic ring is 1. The summed E-state index contributed by atoms with van der Waals surface area (Å²) in [5.74, 6) is -0.571. The molecule has 22 heavy (non-hydrogen) atoms. The van der Waals surface area contributed by atoms with Gasteiger partial charge in [0.25, 0.3) is 0 Å². The maximum Gasteiger partial charge on any atom is 0.309 e. The van der Waals surface area contributed by atoms with Gasteiger partial charge in [0.2, 0.25) is 0 Å². The van der Waals surface area contributed by atoms with Crippen LogP contribution in [0.15, 0.2) is 18.2 Å². The molecule has 2 rings (SSSR count). The van der Waals surface area contributed by atoms with Crippen molar-refractivity contribution in [2.75, 3.05) is 5.73 Å². The minimum Gasteiger partial charge on any atom is -0.481 e. The van der Waals surface area contributed by atoms with E-state index >= 15 is 0 Å². The van der Waals surface area contributed by atoms with Crippen LogP contribution in [0.2, 0.25) is 10.0 Å². The number of aromatic nitrogens is 3. The largest absolute Gasteiger partial charge is 0.481 e. The summed E-state index contributed by atoms with van der Waals surface area (Å²) in [6, 6.07) is 5.07.